The first-order chi connectivity index (χ1) is 24.8. The van der Waals surface area contributed by atoms with Gasteiger partial charge in [-0.2, -0.15) is 0 Å². The van der Waals surface area contributed by atoms with Gasteiger partial charge in [-0.1, -0.05) is 146 Å². The molecule has 0 aliphatic carbocycles. The van der Waals surface area contributed by atoms with Crippen LogP contribution in [0.2, 0.25) is 0 Å². The van der Waals surface area contributed by atoms with Crippen molar-refractivity contribution >= 4 is 76.0 Å². The quantitative estimate of drug-likeness (QED) is 0.142. The molecule has 2 nitrogen and oxygen atoms in total. The predicted octanol–water partition coefficient (Wildman–Crippen LogP) is 13.9. The second kappa shape index (κ2) is 10.4. The van der Waals surface area contributed by atoms with E-state index in [0.717, 1.165) is 49.8 Å². The van der Waals surface area contributed by atoms with Crippen molar-refractivity contribution in [1.29, 1.82) is 0 Å². The Morgan fingerprint density at radius 3 is 1.54 bits per heavy atom. The maximum Gasteiger partial charge on any atom is 0.147 e. The van der Waals surface area contributed by atoms with Crippen LogP contribution in [0, 0.1) is 0 Å². The SMILES string of the molecule is c1ccc(-c2cc3cc(-c4c5ccccc5c(-c5cc6ccccc6c6ccccc56)c5ccccc45)c4oc5ccccc5c4c3o2)cc1. The summed E-state index contributed by atoms with van der Waals surface area (Å²) in [5, 5.41) is 12.9. The lowest BCUT2D eigenvalue weighted by Gasteiger charge is -2.19. The van der Waals surface area contributed by atoms with E-state index in [9.17, 15) is 0 Å². The fraction of sp³-hybridized carbons (Fsp3) is 0. The van der Waals surface area contributed by atoms with E-state index >= 15 is 0 Å². The van der Waals surface area contributed by atoms with E-state index in [0.29, 0.717) is 0 Å². The lowest BCUT2D eigenvalue weighted by molar-refractivity contribution is 0.633. The van der Waals surface area contributed by atoms with Gasteiger partial charge in [0, 0.05) is 27.5 Å². The molecular weight excluding hydrogens is 609 g/mol. The fourth-order valence-electron chi connectivity index (χ4n) is 8.29. The Morgan fingerprint density at radius 1 is 0.320 bits per heavy atom. The van der Waals surface area contributed by atoms with Crippen LogP contribution in [-0.2, 0) is 0 Å². The van der Waals surface area contributed by atoms with Crippen LogP contribution >= 0.6 is 0 Å². The highest BCUT2D eigenvalue weighted by molar-refractivity contribution is 6.29. The molecule has 0 bridgehead atoms. The van der Waals surface area contributed by atoms with Gasteiger partial charge in [-0.25, -0.2) is 0 Å². The van der Waals surface area contributed by atoms with Crippen molar-refractivity contribution in [2.24, 2.45) is 0 Å². The minimum absolute atomic E-state index is 0.840. The van der Waals surface area contributed by atoms with Crippen LogP contribution in [0.5, 0.6) is 0 Å². The average Bonchev–Trinajstić information content (AvgIpc) is 3.79. The summed E-state index contributed by atoms with van der Waals surface area (Å²) in [5.41, 5.74) is 8.30. The van der Waals surface area contributed by atoms with Crippen molar-refractivity contribution in [1.82, 2.24) is 0 Å². The van der Waals surface area contributed by atoms with Crippen molar-refractivity contribution in [3.63, 3.8) is 0 Å². The molecule has 0 N–H and O–H groups in total. The van der Waals surface area contributed by atoms with Gasteiger partial charge in [-0.05, 0) is 78.5 Å². The number of rotatable bonds is 3. The van der Waals surface area contributed by atoms with Crippen LogP contribution in [0.25, 0.3) is 110 Å². The molecule has 11 rings (SSSR count). The minimum Gasteiger partial charge on any atom is -0.455 e. The van der Waals surface area contributed by atoms with Gasteiger partial charge in [0.25, 0.3) is 0 Å². The number of hydrogen-bond acceptors (Lipinski definition) is 2. The summed E-state index contributed by atoms with van der Waals surface area (Å²) in [4.78, 5) is 0. The van der Waals surface area contributed by atoms with Crippen LogP contribution in [0.15, 0.2) is 179 Å². The van der Waals surface area contributed by atoms with Crippen molar-refractivity contribution < 1.29 is 8.83 Å². The van der Waals surface area contributed by atoms with E-state index < -0.39 is 0 Å². The van der Waals surface area contributed by atoms with Crippen LogP contribution in [0.1, 0.15) is 0 Å². The number of para-hydroxylation sites is 1. The third-order valence-electron chi connectivity index (χ3n) is 10.4. The van der Waals surface area contributed by atoms with Gasteiger partial charge in [0.2, 0.25) is 0 Å². The topological polar surface area (TPSA) is 26.3 Å². The Labute approximate surface area is 287 Å². The Bertz CT molecular complexity index is 3080. The molecule has 2 heteroatoms. The van der Waals surface area contributed by atoms with Crippen molar-refractivity contribution in [2.45, 2.75) is 0 Å². The highest BCUT2D eigenvalue weighted by Crippen LogP contribution is 2.50. The average molecular weight is 637 g/mol. The van der Waals surface area contributed by atoms with Gasteiger partial charge in [-0.3, -0.25) is 0 Å². The van der Waals surface area contributed by atoms with Gasteiger partial charge >= 0.3 is 0 Å². The highest BCUT2D eigenvalue weighted by Gasteiger charge is 2.24. The van der Waals surface area contributed by atoms with Crippen LogP contribution in [-0.4, -0.2) is 0 Å². The van der Waals surface area contributed by atoms with Gasteiger partial charge < -0.3 is 8.83 Å². The van der Waals surface area contributed by atoms with Crippen LogP contribution < -0.4 is 0 Å². The second-order valence-corrected chi connectivity index (χ2v) is 13.2. The molecule has 0 saturated heterocycles. The van der Waals surface area contributed by atoms with E-state index in [-0.39, 0.29) is 0 Å². The van der Waals surface area contributed by atoms with E-state index in [2.05, 4.69) is 158 Å². The lowest BCUT2D eigenvalue weighted by atomic mass is 9.83. The van der Waals surface area contributed by atoms with E-state index in [1.165, 1.54) is 59.8 Å². The summed E-state index contributed by atoms with van der Waals surface area (Å²) in [6.45, 7) is 0. The third-order valence-corrected chi connectivity index (χ3v) is 10.4. The standard InChI is InChI=1S/C48H28O2/c1-2-14-29(15-3-1)43-28-31-27-41(48-46(47(31)50-43)39-24-12-13-25-42(39)49-48)45-37-22-10-8-20-35(37)44(36-21-9-11-23-38(36)45)40-26-30-16-4-5-17-32(30)33-18-6-7-19-34(33)40/h1-28H. The van der Waals surface area contributed by atoms with E-state index in [1.807, 2.05) is 12.1 Å². The molecule has 0 spiro atoms. The molecule has 0 radical (unpaired) electrons. The Kier molecular flexibility index (Phi) is 5.70. The Morgan fingerprint density at radius 2 is 0.840 bits per heavy atom. The molecule has 0 saturated carbocycles. The maximum atomic E-state index is 6.82. The van der Waals surface area contributed by atoms with E-state index in [4.69, 9.17) is 8.83 Å². The van der Waals surface area contributed by atoms with Gasteiger partial charge in [0.05, 0.1) is 5.39 Å². The zero-order chi connectivity index (χ0) is 32.8. The zero-order valence-corrected chi connectivity index (χ0v) is 27.0. The van der Waals surface area contributed by atoms with Gasteiger partial charge in [0.15, 0.2) is 0 Å². The summed E-state index contributed by atoms with van der Waals surface area (Å²) >= 11 is 0. The molecule has 0 amide bonds. The summed E-state index contributed by atoms with van der Waals surface area (Å²) in [7, 11) is 0. The molecule has 9 aromatic carbocycles. The Balaban J connectivity index is 1.30. The van der Waals surface area contributed by atoms with Crippen molar-refractivity contribution in [3.05, 3.63) is 170 Å². The molecular formula is C48H28O2. The van der Waals surface area contributed by atoms with Crippen molar-refractivity contribution in [2.75, 3.05) is 0 Å². The zero-order valence-electron chi connectivity index (χ0n) is 27.0. The third kappa shape index (κ3) is 3.85. The summed E-state index contributed by atoms with van der Waals surface area (Å²) in [6, 6.07) is 60.7. The monoisotopic (exact) mass is 636 g/mol. The van der Waals surface area contributed by atoms with Crippen LogP contribution in [0.4, 0.5) is 0 Å². The summed E-state index contributed by atoms with van der Waals surface area (Å²) in [5.74, 6) is 0.845. The first-order valence-electron chi connectivity index (χ1n) is 17.1. The maximum absolute atomic E-state index is 6.82. The van der Waals surface area contributed by atoms with Gasteiger partial charge in [-0.15, -0.1) is 0 Å². The van der Waals surface area contributed by atoms with Gasteiger partial charge in [0.1, 0.15) is 22.5 Å². The molecule has 50 heavy (non-hydrogen) atoms. The number of furan rings is 2. The lowest BCUT2D eigenvalue weighted by Crippen LogP contribution is -1.92. The second-order valence-electron chi connectivity index (χ2n) is 13.2. The summed E-state index contributed by atoms with van der Waals surface area (Å²) in [6.07, 6.45) is 0. The minimum atomic E-state index is 0.840. The molecule has 11 aromatic rings. The fourth-order valence-corrected chi connectivity index (χ4v) is 8.29. The first kappa shape index (κ1) is 27.3. The molecule has 0 aliphatic heterocycles. The van der Waals surface area contributed by atoms with Crippen LogP contribution in [0.3, 0.4) is 0 Å². The molecule has 0 fully saturated rings. The Hall–Kier alpha value is -6.64. The number of fused-ring (bicyclic) bond motifs is 10. The smallest absolute Gasteiger partial charge is 0.147 e. The highest BCUT2D eigenvalue weighted by atomic mass is 16.3. The molecule has 232 valence electrons. The number of benzene rings is 9. The van der Waals surface area contributed by atoms with Crippen molar-refractivity contribution in [3.8, 4) is 33.6 Å². The molecule has 2 aromatic heterocycles. The van der Waals surface area contributed by atoms with E-state index in [1.54, 1.807) is 0 Å². The molecule has 2 heterocycles. The normalized spacial score (nSPS) is 12.0. The predicted molar refractivity (Wildman–Crippen MR) is 210 cm³/mol. The largest absolute Gasteiger partial charge is 0.455 e. The summed E-state index contributed by atoms with van der Waals surface area (Å²) < 4.78 is 13.5. The molecule has 0 unspecified atom stereocenters. The molecule has 0 aliphatic rings. The number of hydrogen-bond donors (Lipinski definition) is 0. The molecule has 0 atom stereocenters. The first-order valence-corrected chi connectivity index (χ1v) is 17.1.